The lowest BCUT2D eigenvalue weighted by atomic mass is 9.82. The highest BCUT2D eigenvalue weighted by Gasteiger charge is 2.37. The molecular weight excluding hydrogens is 421 g/mol. The van der Waals surface area contributed by atoms with Gasteiger partial charge in [-0.3, -0.25) is 0 Å². The summed E-state index contributed by atoms with van der Waals surface area (Å²) >= 11 is 0. The van der Waals surface area contributed by atoms with Crippen molar-refractivity contribution in [2.75, 3.05) is 26.0 Å². The highest BCUT2D eigenvalue weighted by Crippen LogP contribution is 2.35. The summed E-state index contributed by atoms with van der Waals surface area (Å²) in [6, 6.07) is 6.01. The molecule has 2 amide bonds. The third kappa shape index (κ3) is 6.63. The third-order valence-electron chi connectivity index (χ3n) is 6.26. The van der Waals surface area contributed by atoms with Crippen molar-refractivity contribution in [2.24, 2.45) is 0 Å². The van der Waals surface area contributed by atoms with Crippen LogP contribution in [0.15, 0.2) is 24.3 Å². The SMILES string of the molecule is CCNC(=O)N1CCC[C@H](NS(C)(=O)=O)[C@@H]1COC1CCC(c2ccccc2F)CC1. The van der Waals surface area contributed by atoms with E-state index in [0.29, 0.717) is 19.5 Å². The van der Waals surface area contributed by atoms with Gasteiger partial charge in [-0.25, -0.2) is 22.3 Å². The van der Waals surface area contributed by atoms with Gasteiger partial charge in [0, 0.05) is 19.1 Å². The monoisotopic (exact) mass is 455 g/mol. The number of halogens is 1. The molecule has 0 unspecified atom stereocenters. The number of nitrogens with zero attached hydrogens (tertiary/aromatic N) is 1. The fourth-order valence-corrected chi connectivity index (χ4v) is 5.59. The van der Waals surface area contributed by atoms with Crippen molar-refractivity contribution < 1.29 is 22.3 Å². The molecular formula is C22H34FN3O4S. The largest absolute Gasteiger partial charge is 0.376 e. The highest BCUT2D eigenvalue weighted by atomic mass is 32.2. The molecule has 1 aromatic rings. The van der Waals surface area contributed by atoms with E-state index in [1.807, 2.05) is 19.1 Å². The van der Waals surface area contributed by atoms with Gasteiger partial charge in [-0.2, -0.15) is 0 Å². The molecule has 31 heavy (non-hydrogen) atoms. The fourth-order valence-electron chi connectivity index (χ4n) is 4.76. The van der Waals surface area contributed by atoms with E-state index in [0.717, 1.165) is 43.9 Å². The number of nitrogens with one attached hydrogen (secondary N) is 2. The number of rotatable bonds is 7. The van der Waals surface area contributed by atoms with Gasteiger partial charge in [0.25, 0.3) is 0 Å². The number of ether oxygens (including phenoxy) is 1. The zero-order valence-corrected chi connectivity index (χ0v) is 19.2. The maximum Gasteiger partial charge on any atom is 0.317 e. The second kappa shape index (κ2) is 10.7. The Morgan fingerprint density at radius 1 is 1.19 bits per heavy atom. The number of sulfonamides is 1. The molecule has 9 heteroatoms. The number of hydrogen-bond donors (Lipinski definition) is 2. The molecule has 1 aliphatic carbocycles. The summed E-state index contributed by atoms with van der Waals surface area (Å²) in [4.78, 5) is 14.2. The summed E-state index contributed by atoms with van der Waals surface area (Å²) in [7, 11) is -3.40. The van der Waals surface area contributed by atoms with Crippen LogP contribution in [0, 0.1) is 5.82 Å². The Labute approximate surface area is 184 Å². The molecule has 2 atom stereocenters. The summed E-state index contributed by atoms with van der Waals surface area (Å²) in [5.41, 5.74) is 0.771. The molecule has 3 rings (SSSR count). The smallest absolute Gasteiger partial charge is 0.317 e. The fraction of sp³-hybridized carbons (Fsp3) is 0.682. The van der Waals surface area contributed by atoms with Crippen LogP contribution in [0.5, 0.6) is 0 Å². The Morgan fingerprint density at radius 3 is 2.55 bits per heavy atom. The summed E-state index contributed by atoms with van der Waals surface area (Å²) in [5, 5.41) is 2.81. The van der Waals surface area contributed by atoms with Crippen molar-refractivity contribution in [3.8, 4) is 0 Å². The van der Waals surface area contributed by atoms with Gasteiger partial charge < -0.3 is 15.0 Å². The average molecular weight is 456 g/mol. The van der Waals surface area contributed by atoms with Crippen molar-refractivity contribution in [2.45, 2.75) is 69.6 Å². The Balaban J connectivity index is 1.61. The van der Waals surface area contributed by atoms with Gasteiger partial charge in [0.05, 0.1) is 25.0 Å². The van der Waals surface area contributed by atoms with Crippen LogP contribution < -0.4 is 10.0 Å². The number of benzene rings is 1. The van der Waals surface area contributed by atoms with Crippen molar-refractivity contribution in [1.82, 2.24) is 14.9 Å². The van der Waals surface area contributed by atoms with E-state index in [-0.39, 0.29) is 42.6 Å². The van der Waals surface area contributed by atoms with E-state index in [2.05, 4.69) is 10.0 Å². The van der Waals surface area contributed by atoms with E-state index in [1.165, 1.54) is 6.07 Å². The molecule has 1 saturated carbocycles. The molecule has 0 aromatic heterocycles. The molecule has 2 N–H and O–H groups in total. The first-order valence-electron chi connectivity index (χ1n) is 11.2. The maximum atomic E-state index is 14.1. The number of hydrogen-bond acceptors (Lipinski definition) is 4. The minimum atomic E-state index is -3.40. The number of urea groups is 1. The quantitative estimate of drug-likeness (QED) is 0.662. The van der Waals surface area contributed by atoms with Crippen molar-refractivity contribution >= 4 is 16.1 Å². The number of piperidine rings is 1. The molecule has 1 heterocycles. The van der Waals surface area contributed by atoms with Crippen LogP contribution in [-0.2, 0) is 14.8 Å². The number of likely N-dealkylation sites (tertiary alicyclic amines) is 1. The minimum Gasteiger partial charge on any atom is -0.376 e. The van der Waals surface area contributed by atoms with E-state index in [1.54, 1.807) is 11.0 Å². The Kier molecular flexibility index (Phi) is 8.30. The molecule has 0 spiro atoms. The number of carbonyl (C=O) groups excluding carboxylic acids is 1. The van der Waals surface area contributed by atoms with E-state index in [4.69, 9.17) is 4.74 Å². The van der Waals surface area contributed by atoms with Crippen LogP contribution >= 0.6 is 0 Å². The molecule has 1 aliphatic heterocycles. The Morgan fingerprint density at radius 2 is 1.90 bits per heavy atom. The number of amides is 2. The van der Waals surface area contributed by atoms with Gasteiger partial charge in [-0.1, -0.05) is 18.2 Å². The first-order valence-corrected chi connectivity index (χ1v) is 13.1. The first kappa shape index (κ1) is 23.9. The van der Waals surface area contributed by atoms with E-state index < -0.39 is 10.0 Å². The second-order valence-electron chi connectivity index (χ2n) is 8.56. The lowest BCUT2D eigenvalue weighted by Crippen LogP contribution is -2.60. The van der Waals surface area contributed by atoms with Gasteiger partial charge in [0.1, 0.15) is 5.82 Å². The summed E-state index contributed by atoms with van der Waals surface area (Å²) in [5.74, 6) is 0.0450. The molecule has 174 valence electrons. The number of carbonyl (C=O) groups is 1. The van der Waals surface area contributed by atoms with Crippen LogP contribution in [0.2, 0.25) is 0 Å². The van der Waals surface area contributed by atoms with Crippen LogP contribution in [-0.4, -0.2) is 63.5 Å². The van der Waals surface area contributed by atoms with Gasteiger partial charge in [-0.15, -0.1) is 0 Å². The minimum absolute atomic E-state index is 0.0277. The molecule has 1 aromatic carbocycles. The van der Waals surface area contributed by atoms with Gasteiger partial charge in [-0.05, 0) is 63.0 Å². The highest BCUT2D eigenvalue weighted by molar-refractivity contribution is 7.88. The van der Waals surface area contributed by atoms with Crippen molar-refractivity contribution in [3.63, 3.8) is 0 Å². The lowest BCUT2D eigenvalue weighted by molar-refractivity contribution is -0.0174. The van der Waals surface area contributed by atoms with Crippen molar-refractivity contribution in [3.05, 3.63) is 35.6 Å². The van der Waals surface area contributed by atoms with Gasteiger partial charge in [0.2, 0.25) is 10.0 Å². The molecule has 2 aliphatic rings. The molecule has 7 nitrogen and oxygen atoms in total. The second-order valence-corrected chi connectivity index (χ2v) is 10.3. The van der Waals surface area contributed by atoms with Crippen LogP contribution in [0.1, 0.15) is 56.9 Å². The zero-order chi connectivity index (χ0) is 22.4. The van der Waals surface area contributed by atoms with Crippen LogP contribution in [0.3, 0.4) is 0 Å². The molecule has 0 bridgehead atoms. The predicted octanol–water partition coefficient (Wildman–Crippen LogP) is 2.98. The topological polar surface area (TPSA) is 87.7 Å². The maximum absolute atomic E-state index is 14.1. The summed E-state index contributed by atoms with van der Waals surface area (Å²) in [6.07, 6.45) is 5.89. The summed E-state index contributed by atoms with van der Waals surface area (Å²) < 4.78 is 46.7. The zero-order valence-electron chi connectivity index (χ0n) is 18.3. The normalized spacial score (nSPS) is 27.1. The predicted molar refractivity (Wildman–Crippen MR) is 118 cm³/mol. The Bertz CT molecular complexity index is 843. The van der Waals surface area contributed by atoms with Gasteiger partial charge >= 0.3 is 6.03 Å². The Hall–Kier alpha value is -1.71. The van der Waals surface area contributed by atoms with Crippen LogP contribution in [0.25, 0.3) is 0 Å². The van der Waals surface area contributed by atoms with Crippen molar-refractivity contribution in [1.29, 1.82) is 0 Å². The van der Waals surface area contributed by atoms with Gasteiger partial charge in [0.15, 0.2) is 0 Å². The molecule has 2 fully saturated rings. The summed E-state index contributed by atoms with van der Waals surface area (Å²) in [6.45, 7) is 3.21. The molecule has 1 saturated heterocycles. The molecule has 0 radical (unpaired) electrons. The lowest BCUT2D eigenvalue weighted by Gasteiger charge is -2.42. The standard InChI is InChI=1S/C22H34FN3O4S/c1-3-24-22(27)26-14-6-9-20(25-31(2,28)29)21(26)15-30-17-12-10-16(11-13-17)18-7-4-5-8-19(18)23/h4-5,7-8,16-17,20-21,25H,3,6,9-15H2,1-2H3,(H,24,27)/t16?,17?,20-,21-/m0/s1. The van der Waals surface area contributed by atoms with E-state index in [9.17, 15) is 17.6 Å². The third-order valence-corrected chi connectivity index (χ3v) is 6.99. The van der Waals surface area contributed by atoms with E-state index >= 15 is 0 Å². The first-order chi connectivity index (χ1) is 14.8. The average Bonchev–Trinajstić information content (AvgIpc) is 2.72. The van der Waals surface area contributed by atoms with Crippen LogP contribution in [0.4, 0.5) is 9.18 Å².